The summed E-state index contributed by atoms with van der Waals surface area (Å²) in [6, 6.07) is 1.89. The van der Waals surface area contributed by atoms with Gasteiger partial charge in [0.25, 0.3) is 0 Å². The Morgan fingerprint density at radius 1 is 1.00 bits per heavy atom. The summed E-state index contributed by atoms with van der Waals surface area (Å²) in [5, 5.41) is 26.4. The fourth-order valence-electron chi connectivity index (χ4n) is 2.61. The van der Waals surface area contributed by atoms with Crippen molar-refractivity contribution < 1.29 is 29.4 Å². The zero-order valence-electron chi connectivity index (χ0n) is 17.9. The Kier molecular flexibility index (Phi) is 12.0. The molecule has 4 atom stereocenters. The van der Waals surface area contributed by atoms with Crippen LogP contribution in [0.2, 0.25) is 0 Å². The predicted molar refractivity (Wildman–Crippen MR) is 126 cm³/mol. The van der Waals surface area contributed by atoms with Crippen molar-refractivity contribution in [2.75, 3.05) is 17.8 Å². The molecular weight excluding hydrogens is 456 g/mol. The maximum atomic E-state index is 12.8. The Hall–Kier alpha value is -2.44. The number of nitrogens with two attached hydrogens (primary N) is 1. The van der Waals surface area contributed by atoms with Gasteiger partial charge in [0.1, 0.15) is 23.9 Å². The molecule has 10 nitrogen and oxygen atoms in total. The van der Waals surface area contributed by atoms with Crippen LogP contribution in [-0.2, 0) is 25.6 Å². The van der Waals surface area contributed by atoms with Gasteiger partial charge in [0.2, 0.25) is 17.7 Å². The number of amides is 3. The number of thiol groups is 1. The molecule has 1 rings (SSSR count). The third-order valence-electron chi connectivity index (χ3n) is 4.46. The number of carboxylic acid groups (broad SMARTS) is 1. The first kappa shape index (κ1) is 27.6. The Balaban J connectivity index is 2.89. The van der Waals surface area contributed by atoms with Gasteiger partial charge in [0.05, 0.1) is 6.04 Å². The SMILES string of the molecule is CSCCC(NC(=O)C(CS)NC(=O)C(C)N)C(=O)NC(Cc1ccc(O)cc1)C(=O)O. The van der Waals surface area contributed by atoms with Gasteiger partial charge >= 0.3 is 5.97 Å². The topological polar surface area (TPSA) is 171 Å². The highest BCUT2D eigenvalue weighted by atomic mass is 32.2. The van der Waals surface area contributed by atoms with Crippen LogP contribution in [-0.4, -0.2) is 75.8 Å². The van der Waals surface area contributed by atoms with Crippen LogP contribution in [0.15, 0.2) is 24.3 Å². The number of carboxylic acids is 1. The van der Waals surface area contributed by atoms with Crippen molar-refractivity contribution in [3.05, 3.63) is 29.8 Å². The summed E-state index contributed by atoms with van der Waals surface area (Å²) in [6.07, 6.45) is 2.08. The molecule has 7 N–H and O–H groups in total. The lowest BCUT2D eigenvalue weighted by Gasteiger charge is -2.24. The van der Waals surface area contributed by atoms with Gasteiger partial charge in [-0.05, 0) is 43.0 Å². The minimum Gasteiger partial charge on any atom is -0.508 e. The van der Waals surface area contributed by atoms with E-state index in [-0.39, 0.29) is 24.3 Å². The van der Waals surface area contributed by atoms with Crippen molar-refractivity contribution in [2.24, 2.45) is 5.73 Å². The number of phenolic OH excluding ortho intramolecular Hbond substituents is 1. The fourth-order valence-corrected chi connectivity index (χ4v) is 3.34. The molecule has 32 heavy (non-hydrogen) atoms. The summed E-state index contributed by atoms with van der Waals surface area (Å²) < 4.78 is 0. The number of aromatic hydroxyl groups is 1. The number of carbonyl (C=O) groups is 4. The van der Waals surface area contributed by atoms with Crippen molar-refractivity contribution in [2.45, 2.75) is 43.9 Å². The molecule has 0 fully saturated rings. The second kappa shape index (κ2) is 13.9. The molecule has 0 aliphatic heterocycles. The lowest BCUT2D eigenvalue weighted by molar-refractivity contribution is -0.142. The molecular formula is C20H30N4O6S2. The lowest BCUT2D eigenvalue weighted by atomic mass is 10.0. The van der Waals surface area contributed by atoms with Crippen LogP contribution in [0.5, 0.6) is 5.75 Å². The first-order chi connectivity index (χ1) is 15.1. The number of thioether (sulfide) groups is 1. The smallest absolute Gasteiger partial charge is 0.326 e. The van der Waals surface area contributed by atoms with Crippen LogP contribution in [0.3, 0.4) is 0 Å². The number of benzene rings is 1. The zero-order valence-corrected chi connectivity index (χ0v) is 19.6. The molecule has 3 amide bonds. The van der Waals surface area contributed by atoms with Crippen LogP contribution >= 0.6 is 24.4 Å². The van der Waals surface area contributed by atoms with Crippen LogP contribution in [0.1, 0.15) is 18.9 Å². The van der Waals surface area contributed by atoms with Gasteiger partial charge < -0.3 is 31.9 Å². The molecule has 0 aromatic heterocycles. The van der Waals surface area contributed by atoms with Crippen molar-refractivity contribution in [3.63, 3.8) is 0 Å². The van der Waals surface area contributed by atoms with E-state index in [1.807, 2.05) is 6.26 Å². The molecule has 0 radical (unpaired) electrons. The van der Waals surface area contributed by atoms with E-state index in [1.165, 1.54) is 30.8 Å². The van der Waals surface area contributed by atoms with Gasteiger partial charge in [-0.25, -0.2) is 4.79 Å². The first-order valence-electron chi connectivity index (χ1n) is 9.86. The second-order valence-electron chi connectivity index (χ2n) is 7.15. The molecule has 0 saturated carbocycles. The minimum absolute atomic E-state index is 0.00570. The van der Waals surface area contributed by atoms with E-state index in [1.54, 1.807) is 12.1 Å². The highest BCUT2D eigenvalue weighted by Crippen LogP contribution is 2.12. The normalized spacial score (nSPS) is 14.5. The number of carbonyl (C=O) groups excluding carboxylic acids is 3. The summed E-state index contributed by atoms with van der Waals surface area (Å²) in [4.78, 5) is 48.9. The van der Waals surface area contributed by atoms with E-state index >= 15 is 0 Å². The summed E-state index contributed by atoms with van der Waals surface area (Å²) in [5.41, 5.74) is 6.11. The molecule has 0 aliphatic carbocycles. The molecule has 0 heterocycles. The summed E-state index contributed by atoms with van der Waals surface area (Å²) in [6.45, 7) is 1.47. The molecule has 0 bridgehead atoms. The number of hydrogen-bond acceptors (Lipinski definition) is 8. The van der Waals surface area contributed by atoms with Gasteiger partial charge in [0.15, 0.2) is 0 Å². The van der Waals surface area contributed by atoms with E-state index in [4.69, 9.17) is 5.73 Å². The Labute approximate surface area is 196 Å². The molecule has 4 unspecified atom stereocenters. The van der Waals surface area contributed by atoms with E-state index < -0.39 is 47.9 Å². The fraction of sp³-hybridized carbons (Fsp3) is 0.500. The standard InChI is InChI=1S/C20H30N4O6S2/c1-11(21)17(26)24-16(10-31)19(28)22-14(7-8-32-2)18(27)23-15(20(29)30)9-12-3-5-13(25)6-4-12/h3-6,11,14-16,25,31H,7-10,21H2,1-2H3,(H,22,28)(H,23,27)(H,24,26)(H,29,30). The lowest BCUT2D eigenvalue weighted by Crippen LogP contribution is -2.57. The average molecular weight is 487 g/mol. The van der Waals surface area contributed by atoms with Crippen LogP contribution in [0.25, 0.3) is 0 Å². The second-order valence-corrected chi connectivity index (χ2v) is 8.50. The number of aliphatic carboxylic acids is 1. The number of hydrogen-bond donors (Lipinski definition) is 7. The molecule has 1 aromatic rings. The zero-order chi connectivity index (χ0) is 24.3. The van der Waals surface area contributed by atoms with Gasteiger partial charge in [0, 0.05) is 12.2 Å². The van der Waals surface area contributed by atoms with Crippen molar-refractivity contribution in [1.82, 2.24) is 16.0 Å². The highest BCUT2D eigenvalue weighted by Gasteiger charge is 2.29. The molecule has 12 heteroatoms. The largest absolute Gasteiger partial charge is 0.508 e. The third-order valence-corrected chi connectivity index (χ3v) is 5.47. The molecule has 0 aliphatic rings. The molecule has 1 aromatic carbocycles. The molecule has 178 valence electrons. The van der Waals surface area contributed by atoms with E-state index in [0.29, 0.717) is 11.3 Å². The Morgan fingerprint density at radius 3 is 2.03 bits per heavy atom. The third kappa shape index (κ3) is 9.37. The van der Waals surface area contributed by atoms with E-state index in [0.717, 1.165) is 0 Å². The van der Waals surface area contributed by atoms with Crippen LogP contribution in [0.4, 0.5) is 0 Å². The van der Waals surface area contributed by atoms with Crippen molar-refractivity contribution >= 4 is 48.1 Å². The Morgan fingerprint density at radius 2 is 1.53 bits per heavy atom. The van der Waals surface area contributed by atoms with E-state index in [2.05, 4.69) is 28.6 Å². The molecule has 0 saturated heterocycles. The highest BCUT2D eigenvalue weighted by molar-refractivity contribution is 7.98. The van der Waals surface area contributed by atoms with Gasteiger partial charge in [-0.3, -0.25) is 14.4 Å². The number of rotatable bonds is 13. The maximum Gasteiger partial charge on any atom is 0.326 e. The summed E-state index contributed by atoms with van der Waals surface area (Å²) in [7, 11) is 0. The quantitative estimate of drug-likeness (QED) is 0.183. The summed E-state index contributed by atoms with van der Waals surface area (Å²) in [5.74, 6) is -2.50. The number of phenols is 1. The maximum absolute atomic E-state index is 12.8. The van der Waals surface area contributed by atoms with Gasteiger partial charge in [-0.2, -0.15) is 24.4 Å². The predicted octanol–water partition coefficient (Wildman–Crippen LogP) is -0.496. The van der Waals surface area contributed by atoms with Crippen molar-refractivity contribution in [1.29, 1.82) is 0 Å². The average Bonchev–Trinajstić information content (AvgIpc) is 2.75. The van der Waals surface area contributed by atoms with Gasteiger partial charge in [-0.1, -0.05) is 12.1 Å². The minimum atomic E-state index is -1.24. The van der Waals surface area contributed by atoms with Crippen molar-refractivity contribution in [3.8, 4) is 5.75 Å². The summed E-state index contributed by atoms with van der Waals surface area (Å²) >= 11 is 5.53. The van der Waals surface area contributed by atoms with Crippen LogP contribution < -0.4 is 21.7 Å². The monoisotopic (exact) mass is 486 g/mol. The number of nitrogens with one attached hydrogen (secondary N) is 3. The van der Waals surface area contributed by atoms with E-state index in [9.17, 15) is 29.4 Å². The molecule has 0 spiro atoms. The van der Waals surface area contributed by atoms with Gasteiger partial charge in [-0.15, -0.1) is 0 Å². The Bertz CT molecular complexity index is 791. The van der Waals surface area contributed by atoms with Crippen LogP contribution in [0, 0.1) is 0 Å². The first-order valence-corrected chi connectivity index (χ1v) is 11.9.